The van der Waals surface area contributed by atoms with Crippen molar-refractivity contribution in [1.82, 2.24) is 24.7 Å². The molecule has 4 heterocycles. The van der Waals surface area contributed by atoms with Crippen LogP contribution in [0, 0.1) is 13.8 Å². The number of benzene rings is 2. The molecule has 6 rings (SSSR count). The SMILES string of the molecule is Cc1noc(C)c1-c1ccc2nc(C(=O)N=Cc3cncn3C)nc(N3CCOC[C@@H]3c3ccccc3)c2c1. The summed E-state index contributed by atoms with van der Waals surface area (Å²) in [5.74, 6) is 0.891. The highest BCUT2D eigenvalue weighted by molar-refractivity contribution is 6.02. The second-order valence-electron chi connectivity index (χ2n) is 9.49. The fourth-order valence-electron chi connectivity index (χ4n) is 4.96. The quantitative estimate of drug-likeness (QED) is 0.312. The first-order valence-corrected chi connectivity index (χ1v) is 12.7. The number of imidazole rings is 1. The molecule has 1 aliphatic rings. The van der Waals surface area contributed by atoms with Gasteiger partial charge in [-0.05, 0) is 37.1 Å². The highest BCUT2D eigenvalue weighted by Gasteiger charge is 2.29. The molecule has 1 saturated heterocycles. The summed E-state index contributed by atoms with van der Waals surface area (Å²) in [7, 11) is 1.84. The third-order valence-corrected chi connectivity index (χ3v) is 6.94. The van der Waals surface area contributed by atoms with E-state index in [1.54, 1.807) is 17.1 Å². The van der Waals surface area contributed by atoms with E-state index in [1.165, 1.54) is 6.21 Å². The molecule has 0 spiro atoms. The van der Waals surface area contributed by atoms with Crippen molar-refractivity contribution in [1.29, 1.82) is 0 Å². The molecular weight excluding hydrogens is 494 g/mol. The Balaban J connectivity index is 1.50. The largest absolute Gasteiger partial charge is 0.377 e. The number of nitrogens with zero attached hydrogens (tertiary/aromatic N) is 7. The van der Waals surface area contributed by atoms with E-state index in [0.29, 0.717) is 36.8 Å². The van der Waals surface area contributed by atoms with Gasteiger partial charge in [0.05, 0.1) is 54.9 Å². The van der Waals surface area contributed by atoms with Crippen molar-refractivity contribution in [3.05, 3.63) is 89.6 Å². The van der Waals surface area contributed by atoms with Crippen molar-refractivity contribution in [2.75, 3.05) is 24.7 Å². The van der Waals surface area contributed by atoms with Gasteiger partial charge in [-0.2, -0.15) is 0 Å². The van der Waals surface area contributed by atoms with Crippen molar-refractivity contribution < 1.29 is 14.1 Å². The van der Waals surface area contributed by atoms with Gasteiger partial charge in [-0.25, -0.2) is 19.9 Å². The zero-order chi connectivity index (χ0) is 26.9. The Hall–Kier alpha value is -4.70. The van der Waals surface area contributed by atoms with Gasteiger partial charge < -0.3 is 18.7 Å². The molecule has 1 fully saturated rings. The van der Waals surface area contributed by atoms with Gasteiger partial charge in [-0.3, -0.25) is 4.79 Å². The van der Waals surface area contributed by atoms with Gasteiger partial charge in [-0.1, -0.05) is 41.6 Å². The van der Waals surface area contributed by atoms with E-state index in [2.05, 4.69) is 37.1 Å². The topological polar surface area (TPSA) is 112 Å². The number of rotatable bonds is 5. The number of aromatic nitrogens is 5. The third-order valence-electron chi connectivity index (χ3n) is 6.94. The molecule has 3 aromatic heterocycles. The number of amides is 1. The van der Waals surface area contributed by atoms with Crippen LogP contribution in [0.2, 0.25) is 0 Å². The molecule has 10 nitrogen and oxygen atoms in total. The highest BCUT2D eigenvalue weighted by atomic mass is 16.5. The van der Waals surface area contributed by atoms with Crippen LogP contribution in [0.5, 0.6) is 0 Å². The molecule has 196 valence electrons. The van der Waals surface area contributed by atoms with Gasteiger partial charge in [-0.15, -0.1) is 0 Å². The predicted molar refractivity (Wildman–Crippen MR) is 147 cm³/mol. The van der Waals surface area contributed by atoms with Gasteiger partial charge in [0.25, 0.3) is 0 Å². The van der Waals surface area contributed by atoms with Gasteiger partial charge >= 0.3 is 5.91 Å². The summed E-state index contributed by atoms with van der Waals surface area (Å²) >= 11 is 0. The van der Waals surface area contributed by atoms with Crippen LogP contribution in [0.4, 0.5) is 5.82 Å². The van der Waals surface area contributed by atoms with Crippen LogP contribution in [0.1, 0.15) is 39.4 Å². The van der Waals surface area contributed by atoms with E-state index in [9.17, 15) is 4.79 Å². The highest BCUT2D eigenvalue weighted by Crippen LogP contribution is 2.36. The van der Waals surface area contributed by atoms with Crippen molar-refractivity contribution >= 4 is 28.8 Å². The fourth-order valence-corrected chi connectivity index (χ4v) is 4.96. The minimum absolute atomic E-state index is 0.0271. The Morgan fingerprint density at radius 3 is 2.72 bits per heavy atom. The summed E-state index contributed by atoms with van der Waals surface area (Å²) in [6.07, 6.45) is 4.76. The molecule has 5 aromatic rings. The molecule has 2 aromatic carbocycles. The normalized spacial score (nSPS) is 15.9. The van der Waals surface area contributed by atoms with Crippen molar-refractivity contribution in [3.63, 3.8) is 0 Å². The summed E-state index contributed by atoms with van der Waals surface area (Å²) in [6.45, 7) is 5.46. The maximum absolute atomic E-state index is 13.2. The second kappa shape index (κ2) is 10.2. The van der Waals surface area contributed by atoms with E-state index in [4.69, 9.17) is 14.2 Å². The average Bonchev–Trinajstić information content (AvgIpc) is 3.54. The maximum atomic E-state index is 13.2. The monoisotopic (exact) mass is 521 g/mol. The van der Waals surface area contributed by atoms with E-state index >= 15 is 0 Å². The lowest BCUT2D eigenvalue weighted by molar-refractivity contribution is 0.0937. The summed E-state index contributed by atoms with van der Waals surface area (Å²) in [5.41, 5.74) is 5.14. The van der Waals surface area contributed by atoms with Crippen molar-refractivity contribution in [2.24, 2.45) is 12.0 Å². The van der Waals surface area contributed by atoms with Crippen molar-refractivity contribution in [3.8, 4) is 11.1 Å². The Morgan fingerprint density at radius 2 is 1.97 bits per heavy atom. The number of ether oxygens (including phenoxy) is 1. The fraction of sp³-hybridized carbons (Fsp3) is 0.241. The number of carbonyl (C=O) groups is 1. The minimum atomic E-state index is -0.529. The molecule has 0 aliphatic carbocycles. The average molecular weight is 522 g/mol. The van der Waals surface area contributed by atoms with Crippen LogP contribution in [-0.2, 0) is 11.8 Å². The van der Waals surface area contributed by atoms with E-state index in [0.717, 1.165) is 33.5 Å². The number of anilines is 1. The summed E-state index contributed by atoms with van der Waals surface area (Å²) in [4.78, 5) is 33.1. The second-order valence-corrected chi connectivity index (χ2v) is 9.49. The Labute approximate surface area is 225 Å². The van der Waals surface area contributed by atoms with E-state index < -0.39 is 5.91 Å². The lowest BCUT2D eigenvalue weighted by Gasteiger charge is -2.37. The predicted octanol–water partition coefficient (Wildman–Crippen LogP) is 4.47. The molecule has 1 amide bonds. The molecule has 1 aliphatic heterocycles. The molecular formula is C29H27N7O3. The minimum Gasteiger partial charge on any atom is -0.377 e. The van der Waals surface area contributed by atoms with Crippen LogP contribution in [0.3, 0.4) is 0 Å². The molecule has 0 unspecified atom stereocenters. The molecule has 10 heteroatoms. The lowest BCUT2D eigenvalue weighted by Crippen LogP contribution is -2.40. The molecule has 1 atom stereocenters. The Bertz CT molecular complexity index is 1670. The van der Waals surface area contributed by atoms with Crippen LogP contribution >= 0.6 is 0 Å². The Morgan fingerprint density at radius 1 is 1.13 bits per heavy atom. The maximum Gasteiger partial charge on any atom is 0.314 e. The number of fused-ring (bicyclic) bond motifs is 1. The van der Waals surface area contributed by atoms with Gasteiger partial charge in [0.15, 0.2) is 0 Å². The van der Waals surface area contributed by atoms with E-state index in [1.807, 2.05) is 57.3 Å². The number of aliphatic imine (C=N–C) groups is 1. The smallest absolute Gasteiger partial charge is 0.314 e. The first kappa shape index (κ1) is 24.6. The first-order chi connectivity index (χ1) is 19.0. The lowest BCUT2D eigenvalue weighted by atomic mass is 10.0. The Kier molecular flexibility index (Phi) is 6.45. The molecule has 0 N–H and O–H groups in total. The van der Waals surface area contributed by atoms with Crippen LogP contribution in [-0.4, -0.2) is 56.6 Å². The molecule has 0 bridgehead atoms. The number of carbonyl (C=O) groups excluding carboxylic acids is 1. The van der Waals surface area contributed by atoms with Crippen LogP contribution < -0.4 is 4.90 Å². The summed E-state index contributed by atoms with van der Waals surface area (Å²) < 4.78 is 13.1. The van der Waals surface area contributed by atoms with Gasteiger partial charge in [0, 0.05) is 24.5 Å². The van der Waals surface area contributed by atoms with Crippen LogP contribution in [0.15, 0.2) is 70.6 Å². The zero-order valence-electron chi connectivity index (χ0n) is 21.9. The first-order valence-electron chi connectivity index (χ1n) is 12.7. The van der Waals surface area contributed by atoms with Crippen LogP contribution in [0.25, 0.3) is 22.0 Å². The summed E-state index contributed by atoms with van der Waals surface area (Å²) in [5, 5.41) is 4.94. The third kappa shape index (κ3) is 4.70. The zero-order valence-corrected chi connectivity index (χ0v) is 21.9. The molecule has 39 heavy (non-hydrogen) atoms. The van der Waals surface area contributed by atoms with Gasteiger partial charge in [0.1, 0.15) is 11.6 Å². The number of morpholine rings is 1. The number of aryl methyl sites for hydroxylation is 3. The standard InChI is InChI=1S/C29H27N7O3/c1-18-26(19(2)39-34-18)21-9-10-24-23(13-21)28(36-11-12-38-16-25(36)20-7-5-4-6-8-20)33-27(32-24)29(37)31-15-22-14-30-17-35(22)3/h4-10,13-15,17,25H,11-12,16H2,1-3H3/t25-/m1/s1. The number of hydrogen-bond acceptors (Lipinski definition) is 8. The van der Waals surface area contributed by atoms with E-state index in [-0.39, 0.29) is 11.9 Å². The number of hydrogen-bond donors (Lipinski definition) is 0. The molecule has 0 radical (unpaired) electrons. The molecule has 0 saturated carbocycles. The summed E-state index contributed by atoms with van der Waals surface area (Å²) in [6, 6.07) is 16.0. The van der Waals surface area contributed by atoms with Gasteiger partial charge in [0.2, 0.25) is 5.82 Å². The van der Waals surface area contributed by atoms with Crippen molar-refractivity contribution in [2.45, 2.75) is 19.9 Å².